The monoisotopic (exact) mass is 389 g/mol. The molecule has 1 aromatic heterocycles. The first-order chi connectivity index (χ1) is 12.7. The number of nitrogens with one attached hydrogen (secondary N) is 1. The summed E-state index contributed by atoms with van der Waals surface area (Å²) in [5, 5.41) is 0. The molecule has 1 unspecified atom stereocenters. The Labute approximate surface area is 163 Å². The molecule has 1 saturated carbocycles. The van der Waals surface area contributed by atoms with Crippen molar-refractivity contribution in [2.45, 2.75) is 56.7 Å². The molecule has 0 radical (unpaired) electrons. The van der Waals surface area contributed by atoms with E-state index in [9.17, 15) is 8.60 Å². The van der Waals surface area contributed by atoms with Crippen LogP contribution in [0.4, 0.5) is 10.1 Å². The maximum absolute atomic E-state index is 13.8. The molecule has 1 aliphatic carbocycles. The lowest BCUT2D eigenvalue weighted by Crippen LogP contribution is -2.49. The van der Waals surface area contributed by atoms with E-state index in [1.807, 2.05) is 32.9 Å². The van der Waals surface area contributed by atoms with Crippen LogP contribution in [0.15, 0.2) is 42.7 Å². The van der Waals surface area contributed by atoms with Gasteiger partial charge in [0.2, 0.25) is 0 Å². The Balaban J connectivity index is 2.13. The highest BCUT2D eigenvalue weighted by Crippen LogP contribution is 2.42. The van der Waals surface area contributed by atoms with E-state index in [-0.39, 0.29) is 5.69 Å². The lowest BCUT2D eigenvalue weighted by Gasteiger charge is -2.38. The fourth-order valence-electron chi connectivity index (χ4n) is 3.19. The van der Waals surface area contributed by atoms with Gasteiger partial charge in [-0.15, -0.1) is 0 Å². The summed E-state index contributed by atoms with van der Waals surface area (Å²) in [6.45, 7) is 5.80. The van der Waals surface area contributed by atoms with Gasteiger partial charge in [-0.3, -0.25) is 4.98 Å². The predicted molar refractivity (Wildman–Crippen MR) is 109 cm³/mol. The molecule has 0 spiro atoms. The Morgan fingerprint density at radius 2 is 2.00 bits per heavy atom. The van der Waals surface area contributed by atoms with Gasteiger partial charge in [0.1, 0.15) is 5.82 Å². The van der Waals surface area contributed by atoms with Crippen molar-refractivity contribution in [1.82, 2.24) is 9.71 Å². The largest absolute Gasteiger partial charge is 0.396 e. The highest BCUT2D eigenvalue weighted by molar-refractivity contribution is 7.84. The third-order valence-electron chi connectivity index (χ3n) is 5.09. The van der Waals surface area contributed by atoms with Crippen LogP contribution in [0.3, 0.4) is 0 Å². The Kier molecular flexibility index (Phi) is 5.68. The Morgan fingerprint density at radius 1 is 1.26 bits per heavy atom. The van der Waals surface area contributed by atoms with Gasteiger partial charge in [0.15, 0.2) is 0 Å². The number of hydrogen-bond donors (Lipinski definition) is 2. The van der Waals surface area contributed by atoms with Crippen LogP contribution < -0.4 is 10.5 Å². The van der Waals surface area contributed by atoms with E-state index in [1.54, 1.807) is 24.5 Å². The van der Waals surface area contributed by atoms with Crippen molar-refractivity contribution < 1.29 is 8.60 Å². The number of hydrogen-bond acceptors (Lipinski definition) is 3. The number of aromatic nitrogens is 1. The van der Waals surface area contributed by atoms with Gasteiger partial charge in [-0.25, -0.2) is 13.3 Å². The minimum Gasteiger partial charge on any atom is -0.396 e. The van der Waals surface area contributed by atoms with E-state index in [4.69, 9.17) is 5.73 Å². The predicted octanol–water partition coefficient (Wildman–Crippen LogP) is 4.29. The average molecular weight is 390 g/mol. The smallest absolute Gasteiger partial charge is 0.146 e. The van der Waals surface area contributed by atoms with E-state index in [0.29, 0.717) is 5.92 Å². The van der Waals surface area contributed by atoms with E-state index < -0.39 is 27.1 Å². The third-order valence-corrected chi connectivity index (χ3v) is 6.74. The van der Waals surface area contributed by atoms with Gasteiger partial charge < -0.3 is 5.73 Å². The lowest BCUT2D eigenvalue weighted by molar-refractivity contribution is 0.414. The fourth-order valence-corrected chi connectivity index (χ4v) is 4.15. The van der Waals surface area contributed by atoms with Crippen LogP contribution in [0.2, 0.25) is 0 Å². The quantitative estimate of drug-likeness (QED) is 0.694. The number of nitrogen functional groups attached to an aromatic ring is 1. The Bertz CT molecular complexity index is 818. The molecule has 146 valence electrons. The molecule has 0 saturated heterocycles. The first-order valence-electron chi connectivity index (χ1n) is 9.38. The summed E-state index contributed by atoms with van der Waals surface area (Å²) in [5.41, 5.74) is 6.96. The first-order valence-corrected chi connectivity index (χ1v) is 10.5. The van der Waals surface area contributed by atoms with Crippen LogP contribution in [0.1, 0.15) is 57.6 Å². The summed E-state index contributed by atoms with van der Waals surface area (Å²) >= 11 is 0. The van der Waals surface area contributed by atoms with E-state index >= 15 is 0 Å². The maximum atomic E-state index is 13.8. The summed E-state index contributed by atoms with van der Waals surface area (Å²) in [7, 11) is -1.33. The Hall–Kier alpha value is -1.79. The third kappa shape index (κ3) is 4.55. The van der Waals surface area contributed by atoms with Crippen molar-refractivity contribution >= 4 is 16.7 Å². The number of anilines is 1. The second kappa shape index (κ2) is 7.68. The minimum absolute atomic E-state index is 0.0931. The van der Waals surface area contributed by atoms with Gasteiger partial charge in [0, 0.05) is 12.4 Å². The van der Waals surface area contributed by atoms with Crippen LogP contribution in [-0.2, 0) is 16.5 Å². The molecule has 4 nitrogen and oxygen atoms in total. The number of nitrogens with two attached hydrogens (primary N) is 1. The van der Waals surface area contributed by atoms with Crippen LogP contribution in [0.25, 0.3) is 0 Å². The molecular formula is C21H28FN3OS. The first kappa shape index (κ1) is 20.0. The number of nitrogens with zero attached hydrogens (tertiary/aromatic N) is 1. The SMILES string of the molecule is CC(C)(C)[S@@](=O)NC(CCC1CC1)(c1cccnc1)c1ccc(F)c(N)c1. The highest BCUT2D eigenvalue weighted by atomic mass is 32.2. The van der Waals surface area contributed by atoms with Crippen molar-refractivity contribution in [2.24, 2.45) is 5.92 Å². The molecule has 6 heteroatoms. The average Bonchev–Trinajstić information content (AvgIpc) is 3.45. The van der Waals surface area contributed by atoms with Gasteiger partial charge in [-0.1, -0.05) is 25.0 Å². The zero-order valence-electron chi connectivity index (χ0n) is 16.2. The van der Waals surface area contributed by atoms with Crippen LogP contribution in [0.5, 0.6) is 0 Å². The second-order valence-electron chi connectivity index (χ2n) is 8.35. The number of benzene rings is 1. The van der Waals surface area contributed by atoms with Crippen molar-refractivity contribution in [2.75, 3.05) is 5.73 Å². The molecule has 3 rings (SSSR count). The molecule has 1 aliphatic rings. The molecule has 0 amide bonds. The summed E-state index contributed by atoms with van der Waals surface area (Å²) in [4.78, 5) is 4.28. The minimum atomic E-state index is -1.33. The molecule has 0 bridgehead atoms. The molecule has 0 aliphatic heterocycles. The van der Waals surface area contributed by atoms with E-state index in [2.05, 4.69) is 9.71 Å². The molecule has 2 aromatic rings. The maximum Gasteiger partial charge on any atom is 0.146 e. The molecule has 1 fully saturated rings. The second-order valence-corrected chi connectivity index (χ2v) is 10.3. The van der Waals surface area contributed by atoms with Crippen LogP contribution in [-0.4, -0.2) is 13.9 Å². The number of halogens is 1. The number of pyridine rings is 1. The van der Waals surface area contributed by atoms with Gasteiger partial charge in [0.25, 0.3) is 0 Å². The topological polar surface area (TPSA) is 68.0 Å². The van der Waals surface area contributed by atoms with Gasteiger partial charge >= 0.3 is 0 Å². The molecule has 2 atom stereocenters. The summed E-state index contributed by atoms with van der Waals surface area (Å²) in [6, 6.07) is 8.62. The Morgan fingerprint density at radius 3 is 2.56 bits per heavy atom. The van der Waals surface area contributed by atoms with E-state index in [1.165, 1.54) is 18.9 Å². The molecule has 3 N–H and O–H groups in total. The summed E-state index contributed by atoms with van der Waals surface area (Å²) in [5.74, 6) is 0.252. The van der Waals surface area contributed by atoms with Gasteiger partial charge in [-0.2, -0.15) is 0 Å². The molecule has 1 heterocycles. The van der Waals surface area contributed by atoms with Crippen molar-refractivity contribution in [1.29, 1.82) is 0 Å². The standard InChI is InChI=1S/C21H28FN3OS/c1-20(2,3)27(26)25-21(11-10-15-6-7-15,17-5-4-12-24-14-17)16-8-9-18(22)19(23)13-16/h4-5,8-9,12-15,25H,6-7,10-11,23H2,1-3H3/t21?,27-/m1/s1. The van der Waals surface area contributed by atoms with Gasteiger partial charge in [-0.05, 0) is 68.9 Å². The number of rotatable bonds is 7. The van der Waals surface area contributed by atoms with E-state index in [0.717, 1.165) is 24.0 Å². The lowest BCUT2D eigenvalue weighted by atomic mass is 9.80. The molecule has 1 aromatic carbocycles. The zero-order valence-corrected chi connectivity index (χ0v) is 17.0. The van der Waals surface area contributed by atoms with Crippen LogP contribution in [0, 0.1) is 11.7 Å². The van der Waals surface area contributed by atoms with Crippen molar-refractivity contribution in [3.8, 4) is 0 Å². The highest BCUT2D eigenvalue weighted by Gasteiger charge is 2.40. The van der Waals surface area contributed by atoms with Crippen molar-refractivity contribution in [3.63, 3.8) is 0 Å². The van der Waals surface area contributed by atoms with Gasteiger partial charge in [0.05, 0.1) is 27.0 Å². The zero-order chi connectivity index (χ0) is 19.7. The molecule has 27 heavy (non-hydrogen) atoms. The summed E-state index contributed by atoms with van der Waals surface area (Å²) in [6.07, 6.45) is 7.72. The molecular weight excluding hydrogens is 361 g/mol. The normalized spacial score (nSPS) is 18.1. The van der Waals surface area contributed by atoms with Crippen molar-refractivity contribution in [3.05, 3.63) is 59.7 Å². The van der Waals surface area contributed by atoms with Crippen LogP contribution >= 0.6 is 0 Å². The fraction of sp³-hybridized carbons (Fsp3) is 0.476. The summed E-state index contributed by atoms with van der Waals surface area (Å²) < 4.78 is 29.9.